The average molecular weight is 218 g/mol. The number of aromatic nitrogens is 2. The Bertz CT molecular complexity index is 456. The number of hydrogen-bond acceptors (Lipinski definition) is 3. The minimum atomic E-state index is -1.07. The second-order valence-electron chi connectivity index (χ2n) is 3.51. The molecule has 2 heterocycles. The third kappa shape index (κ3) is 1.92. The van der Waals surface area contributed by atoms with Gasteiger partial charge in [0.25, 0.3) is 0 Å². The average Bonchev–Trinajstić information content (AvgIpc) is 2.29. The minimum absolute atomic E-state index is 0.0265. The first-order valence-electron chi connectivity index (χ1n) is 4.89. The number of hydrogen-bond donors (Lipinski definition) is 1. The number of aryl methyl sites for hydroxylation is 1. The number of aliphatic hydroxyl groups excluding tert-OH is 1. The third-order valence-corrected chi connectivity index (χ3v) is 2.42. The van der Waals surface area contributed by atoms with Crippen molar-refractivity contribution in [2.45, 2.75) is 13.0 Å². The van der Waals surface area contributed by atoms with Crippen molar-refractivity contribution < 1.29 is 9.50 Å². The quantitative estimate of drug-likeness (QED) is 0.838. The molecule has 1 N–H and O–H groups in total. The zero-order valence-electron chi connectivity index (χ0n) is 8.76. The van der Waals surface area contributed by atoms with Gasteiger partial charge in [-0.15, -0.1) is 0 Å². The van der Waals surface area contributed by atoms with Crippen molar-refractivity contribution in [2.24, 2.45) is 0 Å². The Morgan fingerprint density at radius 1 is 1.31 bits per heavy atom. The molecule has 0 aliphatic heterocycles. The van der Waals surface area contributed by atoms with Crippen LogP contribution in [0.2, 0.25) is 0 Å². The molecule has 0 saturated heterocycles. The van der Waals surface area contributed by atoms with Crippen LogP contribution in [0.1, 0.15) is 22.9 Å². The molecule has 16 heavy (non-hydrogen) atoms. The molecule has 0 aromatic carbocycles. The maximum Gasteiger partial charge on any atom is 0.147 e. The van der Waals surface area contributed by atoms with Gasteiger partial charge >= 0.3 is 0 Å². The van der Waals surface area contributed by atoms with Crippen LogP contribution in [0.3, 0.4) is 0 Å². The molecule has 0 aliphatic rings. The summed E-state index contributed by atoms with van der Waals surface area (Å²) in [4.78, 5) is 7.75. The van der Waals surface area contributed by atoms with Crippen LogP contribution in [0.4, 0.5) is 4.39 Å². The lowest BCUT2D eigenvalue weighted by atomic mass is 10.0. The highest BCUT2D eigenvalue weighted by Crippen LogP contribution is 2.23. The fraction of sp³-hybridized carbons (Fsp3) is 0.167. The van der Waals surface area contributed by atoms with Crippen molar-refractivity contribution in [1.29, 1.82) is 0 Å². The monoisotopic (exact) mass is 218 g/mol. The van der Waals surface area contributed by atoms with E-state index in [1.54, 1.807) is 12.3 Å². The number of nitrogens with zero attached hydrogens (tertiary/aromatic N) is 2. The van der Waals surface area contributed by atoms with Gasteiger partial charge in [-0.2, -0.15) is 0 Å². The summed E-state index contributed by atoms with van der Waals surface area (Å²) in [5.74, 6) is -0.516. The van der Waals surface area contributed by atoms with Crippen LogP contribution >= 0.6 is 0 Å². The van der Waals surface area contributed by atoms with E-state index in [1.165, 1.54) is 24.5 Å². The first-order valence-corrected chi connectivity index (χ1v) is 4.89. The normalized spacial score (nSPS) is 12.4. The Balaban J connectivity index is 2.44. The fourth-order valence-corrected chi connectivity index (χ4v) is 1.51. The first-order chi connectivity index (χ1) is 7.70. The fourth-order valence-electron chi connectivity index (χ4n) is 1.51. The molecule has 0 fully saturated rings. The molecule has 3 nitrogen and oxygen atoms in total. The van der Waals surface area contributed by atoms with Gasteiger partial charge in [0.1, 0.15) is 17.6 Å². The maximum atomic E-state index is 13.4. The predicted molar refractivity (Wildman–Crippen MR) is 57.2 cm³/mol. The van der Waals surface area contributed by atoms with Gasteiger partial charge in [-0.05, 0) is 30.7 Å². The van der Waals surface area contributed by atoms with Crippen molar-refractivity contribution in [3.8, 4) is 0 Å². The van der Waals surface area contributed by atoms with E-state index in [0.717, 1.165) is 5.56 Å². The molecule has 0 saturated carbocycles. The molecule has 0 amide bonds. The van der Waals surface area contributed by atoms with Crippen molar-refractivity contribution in [2.75, 3.05) is 0 Å². The van der Waals surface area contributed by atoms with Gasteiger partial charge in [-0.3, -0.25) is 9.97 Å². The van der Waals surface area contributed by atoms with Crippen LogP contribution < -0.4 is 0 Å². The van der Waals surface area contributed by atoms with Crippen LogP contribution in [-0.4, -0.2) is 15.1 Å². The maximum absolute atomic E-state index is 13.4. The highest BCUT2D eigenvalue weighted by atomic mass is 19.1. The molecule has 4 heteroatoms. The standard InChI is InChI=1S/C12H11FN2O/c1-8-4-6-14-7-9(8)12(16)11-10(13)3-2-5-15-11/h2-7,12,16H,1H3. The smallest absolute Gasteiger partial charge is 0.147 e. The summed E-state index contributed by atoms with van der Waals surface area (Å²) >= 11 is 0. The lowest BCUT2D eigenvalue weighted by Crippen LogP contribution is -2.07. The molecular formula is C12H11FN2O. The van der Waals surface area contributed by atoms with Gasteiger partial charge in [0.05, 0.1) is 0 Å². The molecule has 0 aliphatic carbocycles. The summed E-state index contributed by atoms with van der Waals surface area (Å²) in [6.07, 6.45) is 3.52. The van der Waals surface area contributed by atoms with Crippen molar-refractivity contribution in [3.63, 3.8) is 0 Å². The third-order valence-electron chi connectivity index (χ3n) is 2.42. The molecular weight excluding hydrogens is 207 g/mol. The van der Waals surface area contributed by atoms with E-state index >= 15 is 0 Å². The summed E-state index contributed by atoms with van der Waals surface area (Å²) in [7, 11) is 0. The molecule has 1 atom stereocenters. The van der Waals surface area contributed by atoms with Gasteiger partial charge in [0.2, 0.25) is 0 Å². The van der Waals surface area contributed by atoms with Gasteiger partial charge in [-0.1, -0.05) is 0 Å². The molecule has 82 valence electrons. The molecule has 0 spiro atoms. The van der Waals surface area contributed by atoms with Gasteiger partial charge < -0.3 is 5.11 Å². The second kappa shape index (κ2) is 4.37. The van der Waals surface area contributed by atoms with Crippen LogP contribution in [0, 0.1) is 12.7 Å². The van der Waals surface area contributed by atoms with E-state index in [2.05, 4.69) is 9.97 Å². The topological polar surface area (TPSA) is 46.0 Å². The number of aliphatic hydroxyl groups is 1. The van der Waals surface area contributed by atoms with Gasteiger partial charge in [-0.25, -0.2) is 4.39 Å². The summed E-state index contributed by atoms with van der Waals surface area (Å²) < 4.78 is 13.4. The Morgan fingerprint density at radius 2 is 2.12 bits per heavy atom. The highest BCUT2D eigenvalue weighted by Gasteiger charge is 2.17. The van der Waals surface area contributed by atoms with E-state index in [0.29, 0.717) is 5.56 Å². The second-order valence-corrected chi connectivity index (χ2v) is 3.51. The lowest BCUT2D eigenvalue weighted by Gasteiger charge is -2.12. The summed E-state index contributed by atoms with van der Waals surface area (Å²) in [5.41, 5.74) is 1.45. The Kier molecular flexibility index (Phi) is 2.92. The minimum Gasteiger partial charge on any atom is -0.382 e. The van der Waals surface area contributed by atoms with Gasteiger partial charge in [0, 0.05) is 24.2 Å². The van der Waals surface area contributed by atoms with Crippen molar-refractivity contribution in [3.05, 3.63) is 59.4 Å². The van der Waals surface area contributed by atoms with Gasteiger partial charge in [0.15, 0.2) is 0 Å². The molecule has 0 radical (unpaired) electrons. The summed E-state index contributed by atoms with van der Waals surface area (Å²) in [6.45, 7) is 1.83. The molecule has 2 aromatic rings. The molecule has 2 rings (SSSR count). The van der Waals surface area contributed by atoms with E-state index in [4.69, 9.17) is 0 Å². The van der Waals surface area contributed by atoms with Crippen LogP contribution in [0.15, 0.2) is 36.8 Å². The number of pyridine rings is 2. The van der Waals surface area contributed by atoms with Crippen molar-refractivity contribution in [1.82, 2.24) is 9.97 Å². The van der Waals surface area contributed by atoms with Crippen LogP contribution in [-0.2, 0) is 0 Å². The summed E-state index contributed by atoms with van der Waals surface area (Å²) in [6, 6.07) is 4.53. The largest absolute Gasteiger partial charge is 0.382 e. The molecule has 2 aromatic heterocycles. The van der Waals surface area contributed by atoms with Crippen LogP contribution in [0.25, 0.3) is 0 Å². The van der Waals surface area contributed by atoms with E-state index in [9.17, 15) is 9.50 Å². The number of rotatable bonds is 2. The van der Waals surface area contributed by atoms with E-state index < -0.39 is 11.9 Å². The highest BCUT2D eigenvalue weighted by molar-refractivity contribution is 5.30. The van der Waals surface area contributed by atoms with Crippen LogP contribution in [0.5, 0.6) is 0 Å². The zero-order chi connectivity index (χ0) is 11.5. The Hall–Kier alpha value is -1.81. The first kappa shape index (κ1) is 10.7. The van der Waals surface area contributed by atoms with Crippen molar-refractivity contribution >= 4 is 0 Å². The SMILES string of the molecule is Cc1ccncc1C(O)c1ncccc1F. The summed E-state index contributed by atoms with van der Waals surface area (Å²) in [5, 5.41) is 10.0. The lowest BCUT2D eigenvalue weighted by molar-refractivity contribution is 0.208. The zero-order valence-corrected chi connectivity index (χ0v) is 8.76. The van der Waals surface area contributed by atoms with E-state index in [-0.39, 0.29) is 5.69 Å². The number of halogens is 1. The Morgan fingerprint density at radius 3 is 2.81 bits per heavy atom. The predicted octanol–water partition coefficient (Wildman–Crippen LogP) is 2.01. The molecule has 0 bridgehead atoms. The van der Waals surface area contributed by atoms with E-state index in [1.807, 2.05) is 6.92 Å². The molecule has 1 unspecified atom stereocenters. The Labute approximate surface area is 92.6 Å².